The number of hydrogen-bond acceptors (Lipinski definition) is 1. The quantitative estimate of drug-likeness (QED) is 0.722. The summed E-state index contributed by atoms with van der Waals surface area (Å²) in [6, 6.07) is 8.75. The third-order valence-electron chi connectivity index (χ3n) is 3.40. The van der Waals surface area contributed by atoms with Crippen LogP contribution >= 0.6 is 0 Å². The molecular weight excluding hydrogens is 170 g/mol. The van der Waals surface area contributed by atoms with Crippen molar-refractivity contribution < 1.29 is 0 Å². The lowest BCUT2D eigenvalue weighted by Gasteiger charge is -2.34. The van der Waals surface area contributed by atoms with E-state index in [4.69, 9.17) is 5.73 Å². The van der Waals surface area contributed by atoms with Gasteiger partial charge in [-0.15, -0.1) is 0 Å². The lowest BCUT2D eigenvalue weighted by Crippen LogP contribution is -2.43. The summed E-state index contributed by atoms with van der Waals surface area (Å²) in [5.41, 5.74) is 9.16. The molecule has 0 fully saturated rings. The van der Waals surface area contributed by atoms with Crippen LogP contribution in [-0.2, 0) is 12.8 Å². The van der Waals surface area contributed by atoms with Crippen LogP contribution in [0.3, 0.4) is 0 Å². The molecule has 1 heteroatoms. The van der Waals surface area contributed by atoms with Crippen LogP contribution in [0, 0.1) is 5.92 Å². The zero-order chi connectivity index (χ0) is 10.2. The van der Waals surface area contributed by atoms with Gasteiger partial charge in [-0.3, -0.25) is 0 Å². The molecule has 1 atom stereocenters. The second-order valence-electron chi connectivity index (χ2n) is 5.03. The number of benzene rings is 1. The van der Waals surface area contributed by atoms with Crippen molar-refractivity contribution in [2.45, 2.75) is 38.6 Å². The van der Waals surface area contributed by atoms with Crippen molar-refractivity contribution in [2.75, 3.05) is 0 Å². The van der Waals surface area contributed by atoms with Gasteiger partial charge in [-0.1, -0.05) is 24.3 Å². The lowest BCUT2D eigenvalue weighted by molar-refractivity contribution is 0.288. The summed E-state index contributed by atoms with van der Waals surface area (Å²) in [6.07, 6.45) is 3.58. The van der Waals surface area contributed by atoms with Crippen LogP contribution in [0.25, 0.3) is 0 Å². The third-order valence-corrected chi connectivity index (χ3v) is 3.40. The minimum atomic E-state index is -0.0342. The first-order valence-corrected chi connectivity index (χ1v) is 5.43. The molecule has 0 aliphatic heterocycles. The Labute approximate surface area is 86.3 Å². The van der Waals surface area contributed by atoms with E-state index in [1.54, 1.807) is 0 Å². The maximum atomic E-state index is 6.17. The van der Waals surface area contributed by atoms with Gasteiger partial charge in [0.25, 0.3) is 0 Å². The molecule has 1 aromatic carbocycles. The van der Waals surface area contributed by atoms with E-state index < -0.39 is 0 Å². The summed E-state index contributed by atoms with van der Waals surface area (Å²) in [7, 11) is 0. The van der Waals surface area contributed by atoms with Gasteiger partial charge in [-0.2, -0.15) is 0 Å². The Morgan fingerprint density at radius 3 is 2.50 bits per heavy atom. The second-order valence-corrected chi connectivity index (χ2v) is 5.03. The molecule has 1 aliphatic rings. The van der Waals surface area contributed by atoms with Gasteiger partial charge in [0, 0.05) is 5.54 Å². The highest BCUT2D eigenvalue weighted by atomic mass is 14.7. The maximum absolute atomic E-state index is 6.17. The Morgan fingerprint density at radius 1 is 1.21 bits per heavy atom. The average molecular weight is 189 g/mol. The van der Waals surface area contributed by atoms with Crippen molar-refractivity contribution in [1.82, 2.24) is 0 Å². The first kappa shape index (κ1) is 9.72. The lowest BCUT2D eigenvalue weighted by atomic mass is 9.75. The molecular formula is C13H19N. The van der Waals surface area contributed by atoms with Crippen LogP contribution in [-0.4, -0.2) is 5.54 Å². The van der Waals surface area contributed by atoms with E-state index in [0.717, 1.165) is 6.42 Å². The number of fused-ring (bicyclic) bond motifs is 1. The van der Waals surface area contributed by atoms with E-state index in [-0.39, 0.29) is 5.54 Å². The second kappa shape index (κ2) is 3.39. The van der Waals surface area contributed by atoms with Crippen molar-refractivity contribution in [3.63, 3.8) is 0 Å². The average Bonchev–Trinajstić information content (AvgIpc) is 2.16. The first-order chi connectivity index (χ1) is 6.57. The molecule has 1 nitrogen and oxygen atoms in total. The van der Waals surface area contributed by atoms with Crippen LogP contribution in [0.4, 0.5) is 0 Å². The smallest absolute Gasteiger partial charge is 0.0129 e. The van der Waals surface area contributed by atoms with Crippen molar-refractivity contribution in [3.05, 3.63) is 35.4 Å². The van der Waals surface area contributed by atoms with Crippen LogP contribution < -0.4 is 5.73 Å². The highest BCUT2D eigenvalue weighted by molar-refractivity contribution is 5.30. The molecule has 0 amide bonds. The molecule has 2 N–H and O–H groups in total. The van der Waals surface area contributed by atoms with Gasteiger partial charge in [-0.25, -0.2) is 0 Å². The van der Waals surface area contributed by atoms with Crippen molar-refractivity contribution in [1.29, 1.82) is 0 Å². The number of hydrogen-bond donors (Lipinski definition) is 1. The van der Waals surface area contributed by atoms with Crippen molar-refractivity contribution in [2.24, 2.45) is 11.7 Å². The molecule has 1 aromatic rings. The van der Waals surface area contributed by atoms with Crippen LogP contribution in [0.15, 0.2) is 24.3 Å². The zero-order valence-corrected chi connectivity index (χ0v) is 9.09. The summed E-state index contributed by atoms with van der Waals surface area (Å²) in [6.45, 7) is 4.29. The molecule has 1 aliphatic carbocycles. The van der Waals surface area contributed by atoms with E-state index >= 15 is 0 Å². The zero-order valence-electron chi connectivity index (χ0n) is 9.09. The number of nitrogens with two attached hydrogens (primary N) is 1. The Morgan fingerprint density at radius 2 is 1.86 bits per heavy atom. The Balaban J connectivity index is 2.22. The Hall–Kier alpha value is -0.820. The van der Waals surface area contributed by atoms with Crippen LogP contribution in [0.2, 0.25) is 0 Å². The summed E-state index contributed by atoms with van der Waals surface area (Å²) in [5, 5.41) is 0. The van der Waals surface area contributed by atoms with Gasteiger partial charge in [0.05, 0.1) is 0 Å². The fraction of sp³-hybridized carbons (Fsp3) is 0.538. The van der Waals surface area contributed by atoms with E-state index in [2.05, 4.69) is 38.1 Å². The van der Waals surface area contributed by atoms with E-state index in [0.29, 0.717) is 5.92 Å². The number of aryl methyl sites for hydroxylation is 1. The maximum Gasteiger partial charge on any atom is 0.0129 e. The summed E-state index contributed by atoms with van der Waals surface area (Å²) < 4.78 is 0. The fourth-order valence-electron chi connectivity index (χ4n) is 2.33. The topological polar surface area (TPSA) is 26.0 Å². The van der Waals surface area contributed by atoms with Gasteiger partial charge in [0.1, 0.15) is 0 Å². The van der Waals surface area contributed by atoms with Crippen LogP contribution in [0.5, 0.6) is 0 Å². The van der Waals surface area contributed by atoms with E-state index in [1.165, 1.54) is 24.0 Å². The Kier molecular flexibility index (Phi) is 2.36. The van der Waals surface area contributed by atoms with Crippen molar-refractivity contribution >= 4 is 0 Å². The summed E-state index contributed by atoms with van der Waals surface area (Å²) >= 11 is 0. The molecule has 0 saturated heterocycles. The highest BCUT2D eigenvalue weighted by Crippen LogP contribution is 2.30. The molecule has 2 rings (SSSR count). The standard InChI is InChI=1S/C13H19N/c1-13(2,14)12-8-7-10-5-3-4-6-11(10)9-12/h3-6,12H,7-9,14H2,1-2H3. The molecule has 0 heterocycles. The largest absolute Gasteiger partial charge is 0.325 e. The van der Waals surface area contributed by atoms with Crippen molar-refractivity contribution in [3.8, 4) is 0 Å². The molecule has 14 heavy (non-hydrogen) atoms. The van der Waals surface area contributed by atoms with Gasteiger partial charge in [0.15, 0.2) is 0 Å². The molecule has 0 aromatic heterocycles. The minimum absolute atomic E-state index is 0.0342. The van der Waals surface area contributed by atoms with E-state index in [1.807, 2.05) is 0 Å². The molecule has 0 spiro atoms. The summed E-state index contributed by atoms with van der Waals surface area (Å²) in [4.78, 5) is 0. The van der Waals surface area contributed by atoms with Gasteiger partial charge >= 0.3 is 0 Å². The number of rotatable bonds is 1. The van der Waals surface area contributed by atoms with Crippen LogP contribution in [0.1, 0.15) is 31.4 Å². The summed E-state index contributed by atoms with van der Waals surface area (Å²) in [5.74, 6) is 0.636. The molecule has 76 valence electrons. The highest BCUT2D eigenvalue weighted by Gasteiger charge is 2.28. The predicted molar refractivity (Wildman–Crippen MR) is 60.2 cm³/mol. The third kappa shape index (κ3) is 1.83. The molecule has 0 radical (unpaired) electrons. The van der Waals surface area contributed by atoms with Gasteiger partial charge in [0.2, 0.25) is 0 Å². The Bertz CT molecular complexity index is 322. The van der Waals surface area contributed by atoms with E-state index in [9.17, 15) is 0 Å². The molecule has 0 saturated carbocycles. The first-order valence-electron chi connectivity index (χ1n) is 5.43. The fourth-order valence-corrected chi connectivity index (χ4v) is 2.33. The normalized spacial score (nSPS) is 21.8. The van der Waals surface area contributed by atoms with Gasteiger partial charge in [-0.05, 0) is 50.2 Å². The minimum Gasteiger partial charge on any atom is -0.325 e. The molecule has 1 unspecified atom stereocenters. The molecule has 0 bridgehead atoms. The van der Waals surface area contributed by atoms with Gasteiger partial charge < -0.3 is 5.73 Å². The monoisotopic (exact) mass is 189 g/mol. The SMILES string of the molecule is CC(C)(N)C1CCc2ccccc2C1. The predicted octanol–water partition coefficient (Wildman–Crippen LogP) is 2.53.